The number of imidazole rings is 1. The first-order valence-corrected chi connectivity index (χ1v) is 11.6. The molecule has 4 rings (SSSR count). The zero-order chi connectivity index (χ0) is 25.2. The van der Waals surface area contributed by atoms with Gasteiger partial charge in [-0.2, -0.15) is 13.2 Å². The molecule has 0 aliphatic carbocycles. The van der Waals surface area contributed by atoms with Gasteiger partial charge in [-0.05, 0) is 61.7 Å². The monoisotopic (exact) mass is 481 g/mol. The van der Waals surface area contributed by atoms with Gasteiger partial charge in [0.05, 0.1) is 11.9 Å². The summed E-state index contributed by atoms with van der Waals surface area (Å²) in [6.07, 6.45) is 2.27. The summed E-state index contributed by atoms with van der Waals surface area (Å²) >= 11 is 0. The van der Waals surface area contributed by atoms with Crippen LogP contribution in [0.25, 0.3) is 11.3 Å². The minimum Gasteiger partial charge on any atom is -0.351 e. The lowest BCUT2D eigenvalue weighted by atomic mass is 9.98. The summed E-state index contributed by atoms with van der Waals surface area (Å²) < 4.78 is 40.6. The van der Waals surface area contributed by atoms with Gasteiger partial charge in [0.2, 0.25) is 0 Å². The molecule has 0 N–H and O–H groups in total. The van der Waals surface area contributed by atoms with Crippen LogP contribution < -0.4 is 4.90 Å². The number of aryl methyl sites for hydroxylation is 1. The molecule has 1 aliphatic heterocycles. The van der Waals surface area contributed by atoms with Gasteiger partial charge < -0.3 is 9.47 Å². The molecule has 2 aromatic heterocycles. The van der Waals surface area contributed by atoms with Crippen LogP contribution in [0.5, 0.6) is 0 Å². The normalized spacial score (nSPS) is 17.6. The Kier molecular flexibility index (Phi) is 7.12. The second-order valence-corrected chi connectivity index (χ2v) is 8.92. The van der Waals surface area contributed by atoms with E-state index in [1.807, 2.05) is 24.6 Å². The van der Waals surface area contributed by atoms with Crippen LogP contribution in [0.4, 0.5) is 19.0 Å². The molecular formula is C27H30F3N5. The van der Waals surface area contributed by atoms with Crippen molar-refractivity contribution in [1.29, 1.82) is 0 Å². The van der Waals surface area contributed by atoms with Crippen LogP contribution >= 0.6 is 0 Å². The Balaban J connectivity index is 1.38. The summed E-state index contributed by atoms with van der Waals surface area (Å²) in [6.45, 7) is 13.5. The number of rotatable bonds is 6. The van der Waals surface area contributed by atoms with E-state index in [0.29, 0.717) is 12.4 Å². The molecule has 3 heterocycles. The predicted octanol–water partition coefficient (Wildman–Crippen LogP) is 5.76. The van der Waals surface area contributed by atoms with Crippen molar-refractivity contribution in [3.05, 3.63) is 90.2 Å². The minimum absolute atomic E-state index is 0.122. The molecule has 35 heavy (non-hydrogen) atoms. The van der Waals surface area contributed by atoms with E-state index < -0.39 is 11.7 Å². The molecule has 0 bridgehead atoms. The van der Waals surface area contributed by atoms with E-state index in [0.717, 1.165) is 60.0 Å². The highest BCUT2D eigenvalue weighted by molar-refractivity contribution is 5.78. The summed E-state index contributed by atoms with van der Waals surface area (Å²) in [5.74, 6) is 0.578. The number of anilines is 1. The second-order valence-electron chi connectivity index (χ2n) is 8.92. The van der Waals surface area contributed by atoms with Gasteiger partial charge in [-0.1, -0.05) is 24.8 Å². The van der Waals surface area contributed by atoms with E-state index in [4.69, 9.17) is 0 Å². The van der Waals surface area contributed by atoms with Crippen LogP contribution in [-0.4, -0.2) is 51.7 Å². The zero-order valence-corrected chi connectivity index (χ0v) is 20.3. The van der Waals surface area contributed by atoms with Gasteiger partial charge in [-0.15, -0.1) is 0 Å². The standard InChI is InChI=1S/C27H30F3N5/c1-5-22(21(4)23-6-9-25(10-7-23)35-18-31-14-19(35)2)17-33-12-13-34(20(3)16-33)26-11-8-24(15-32-26)27(28,29)30/h5-11,14-15,18,20H,4,12-13,16-17H2,1-3H3/b22-5-/t20-/m1/s1. The number of nitrogens with zero attached hydrogens (tertiary/aromatic N) is 5. The molecule has 1 aromatic carbocycles. The summed E-state index contributed by atoms with van der Waals surface area (Å²) in [4.78, 5) is 12.7. The molecule has 0 amide bonds. The number of hydrogen-bond acceptors (Lipinski definition) is 4. The first-order valence-electron chi connectivity index (χ1n) is 11.6. The van der Waals surface area contributed by atoms with Gasteiger partial charge in [0.1, 0.15) is 5.82 Å². The topological polar surface area (TPSA) is 37.2 Å². The van der Waals surface area contributed by atoms with Crippen LogP contribution in [-0.2, 0) is 6.18 Å². The van der Waals surface area contributed by atoms with Gasteiger partial charge in [-0.3, -0.25) is 4.90 Å². The largest absolute Gasteiger partial charge is 0.417 e. The van der Waals surface area contributed by atoms with Crippen LogP contribution in [0.1, 0.15) is 30.7 Å². The molecule has 0 radical (unpaired) electrons. The number of benzene rings is 1. The van der Waals surface area contributed by atoms with Gasteiger partial charge >= 0.3 is 6.18 Å². The summed E-state index contributed by atoms with van der Waals surface area (Å²) in [7, 11) is 0. The van der Waals surface area contributed by atoms with Crippen molar-refractivity contribution in [2.24, 2.45) is 0 Å². The highest BCUT2D eigenvalue weighted by Crippen LogP contribution is 2.30. The molecular weight excluding hydrogens is 451 g/mol. The van der Waals surface area contributed by atoms with Crippen molar-refractivity contribution in [3.8, 4) is 5.69 Å². The lowest BCUT2D eigenvalue weighted by Crippen LogP contribution is -2.52. The maximum Gasteiger partial charge on any atom is 0.417 e. The molecule has 5 nitrogen and oxygen atoms in total. The SMILES string of the molecule is C=C(/C(=C\C)CN1CCN(c2ccc(C(F)(F)F)cn2)[C@H](C)C1)c1ccc(-n2cncc2C)cc1. The van der Waals surface area contributed by atoms with E-state index >= 15 is 0 Å². The van der Waals surface area contributed by atoms with Crippen molar-refractivity contribution < 1.29 is 13.2 Å². The second kappa shape index (κ2) is 10.1. The number of allylic oxidation sites excluding steroid dienone is 1. The van der Waals surface area contributed by atoms with E-state index in [-0.39, 0.29) is 6.04 Å². The van der Waals surface area contributed by atoms with Gasteiger partial charge in [0.15, 0.2) is 0 Å². The first-order chi connectivity index (χ1) is 16.7. The molecule has 1 aliphatic rings. The van der Waals surface area contributed by atoms with E-state index in [1.165, 1.54) is 6.07 Å². The molecule has 184 valence electrons. The quantitative estimate of drug-likeness (QED) is 0.419. The van der Waals surface area contributed by atoms with Crippen molar-refractivity contribution in [2.45, 2.75) is 33.0 Å². The summed E-state index contributed by atoms with van der Waals surface area (Å²) in [5.41, 5.74) is 4.62. The molecule has 1 atom stereocenters. The lowest BCUT2D eigenvalue weighted by molar-refractivity contribution is -0.137. The van der Waals surface area contributed by atoms with Crippen molar-refractivity contribution in [2.75, 3.05) is 31.1 Å². The Morgan fingerprint density at radius 1 is 1.11 bits per heavy atom. The van der Waals surface area contributed by atoms with Gasteiger partial charge in [-0.25, -0.2) is 9.97 Å². The Morgan fingerprint density at radius 3 is 2.40 bits per heavy atom. The van der Waals surface area contributed by atoms with Gasteiger partial charge in [0.25, 0.3) is 0 Å². The van der Waals surface area contributed by atoms with Crippen LogP contribution in [0.2, 0.25) is 0 Å². The summed E-state index contributed by atoms with van der Waals surface area (Å²) in [6, 6.07) is 11.0. The third-order valence-corrected chi connectivity index (χ3v) is 6.53. The average Bonchev–Trinajstić information content (AvgIpc) is 3.27. The third kappa shape index (κ3) is 5.48. The number of alkyl halides is 3. The molecule has 1 saturated heterocycles. The molecule has 0 spiro atoms. The Morgan fingerprint density at radius 2 is 1.86 bits per heavy atom. The molecule has 0 unspecified atom stereocenters. The summed E-state index contributed by atoms with van der Waals surface area (Å²) in [5, 5.41) is 0. The molecule has 8 heteroatoms. The fourth-order valence-corrected chi connectivity index (χ4v) is 4.48. The van der Waals surface area contributed by atoms with Crippen molar-refractivity contribution in [1.82, 2.24) is 19.4 Å². The fraction of sp³-hybridized carbons (Fsp3) is 0.333. The van der Waals surface area contributed by atoms with Gasteiger partial charge in [0, 0.05) is 56.0 Å². The number of aromatic nitrogens is 3. The van der Waals surface area contributed by atoms with Crippen LogP contribution in [0, 0.1) is 6.92 Å². The Bertz CT molecular complexity index is 1190. The predicted molar refractivity (Wildman–Crippen MR) is 134 cm³/mol. The van der Waals surface area contributed by atoms with Crippen LogP contribution in [0.15, 0.2) is 73.3 Å². The Labute approximate surface area is 204 Å². The zero-order valence-electron chi connectivity index (χ0n) is 20.3. The minimum atomic E-state index is -4.38. The van der Waals surface area contributed by atoms with Crippen molar-refractivity contribution >= 4 is 11.4 Å². The smallest absolute Gasteiger partial charge is 0.351 e. The highest BCUT2D eigenvalue weighted by atomic mass is 19.4. The third-order valence-electron chi connectivity index (χ3n) is 6.53. The molecule has 1 fully saturated rings. The number of halogens is 3. The maximum atomic E-state index is 12.9. The van der Waals surface area contributed by atoms with E-state index in [2.05, 4.69) is 63.6 Å². The van der Waals surface area contributed by atoms with E-state index in [1.54, 1.807) is 6.33 Å². The molecule has 0 saturated carbocycles. The fourth-order valence-electron chi connectivity index (χ4n) is 4.48. The molecule has 3 aromatic rings. The highest BCUT2D eigenvalue weighted by Gasteiger charge is 2.31. The average molecular weight is 482 g/mol. The number of hydrogen-bond donors (Lipinski definition) is 0. The lowest BCUT2D eigenvalue weighted by Gasteiger charge is -2.41. The van der Waals surface area contributed by atoms with Crippen molar-refractivity contribution in [3.63, 3.8) is 0 Å². The first kappa shape index (κ1) is 24.7. The number of pyridine rings is 1. The number of piperazine rings is 1. The Hall–Kier alpha value is -3.39. The van der Waals surface area contributed by atoms with Crippen LogP contribution in [0.3, 0.4) is 0 Å². The van der Waals surface area contributed by atoms with E-state index in [9.17, 15) is 13.2 Å². The maximum absolute atomic E-state index is 12.9.